The highest BCUT2D eigenvalue weighted by atomic mass is 16.5. The van der Waals surface area contributed by atoms with E-state index in [1.165, 1.54) is 0 Å². The molecule has 0 saturated heterocycles. The van der Waals surface area contributed by atoms with E-state index >= 15 is 0 Å². The second-order valence-corrected chi connectivity index (χ2v) is 4.54. The molecule has 2 aromatic rings. The molecule has 5 nitrogen and oxygen atoms in total. The van der Waals surface area contributed by atoms with Crippen LogP contribution in [0.4, 0.5) is 16.2 Å². The van der Waals surface area contributed by atoms with Gasteiger partial charge in [0.25, 0.3) is 0 Å². The van der Waals surface area contributed by atoms with Crippen molar-refractivity contribution in [2.24, 2.45) is 0 Å². The molecule has 3 N–H and O–H groups in total. The normalized spacial score (nSPS) is 10.0. The van der Waals surface area contributed by atoms with Gasteiger partial charge < -0.3 is 20.7 Å². The van der Waals surface area contributed by atoms with Crippen molar-refractivity contribution in [3.8, 4) is 5.75 Å². The maximum atomic E-state index is 11.9. The molecular formula is C16H19N3O2. The number of nitrogens with one attached hydrogen (secondary N) is 3. The molecule has 0 unspecified atom stereocenters. The van der Waals surface area contributed by atoms with E-state index in [1.807, 2.05) is 43.4 Å². The van der Waals surface area contributed by atoms with Gasteiger partial charge >= 0.3 is 6.03 Å². The average molecular weight is 285 g/mol. The summed E-state index contributed by atoms with van der Waals surface area (Å²) < 4.78 is 5.11. The van der Waals surface area contributed by atoms with Gasteiger partial charge in [-0.1, -0.05) is 18.2 Å². The number of hydrogen-bond donors (Lipinski definition) is 3. The molecule has 0 heterocycles. The van der Waals surface area contributed by atoms with Crippen molar-refractivity contribution in [3.63, 3.8) is 0 Å². The lowest BCUT2D eigenvalue weighted by atomic mass is 10.2. The van der Waals surface area contributed by atoms with Crippen LogP contribution in [0.15, 0.2) is 48.5 Å². The molecule has 0 aliphatic carbocycles. The summed E-state index contributed by atoms with van der Waals surface area (Å²) in [4.78, 5) is 11.9. The highest BCUT2D eigenvalue weighted by Crippen LogP contribution is 2.17. The zero-order valence-corrected chi connectivity index (χ0v) is 12.1. The highest BCUT2D eigenvalue weighted by molar-refractivity contribution is 5.99. The van der Waals surface area contributed by atoms with Gasteiger partial charge in [0, 0.05) is 24.0 Å². The zero-order chi connectivity index (χ0) is 15.1. The van der Waals surface area contributed by atoms with E-state index in [1.54, 1.807) is 19.2 Å². The largest absolute Gasteiger partial charge is 0.497 e. The molecule has 0 atom stereocenters. The number of rotatable bonds is 5. The summed E-state index contributed by atoms with van der Waals surface area (Å²) in [7, 11) is 3.49. The first-order valence-corrected chi connectivity index (χ1v) is 6.67. The smallest absolute Gasteiger partial charge is 0.323 e. The second-order valence-electron chi connectivity index (χ2n) is 4.54. The Morgan fingerprint density at radius 1 is 1.05 bits per heavy atom. The van der Waals surface area contributed by atoms with Crippen LogP contribution >= 0.6 is 0 Å². The van der Waals surface area contributed by atoms with Crippen LogP contribution in [0.2, 0.25) is 0 Å². The zero-order valence-electron chi connectivity index (χ0n) is 12.1. The Morgan fingerprint density at radius 2 is 1.76 bits per heavy atom. The quantitative estimate of drug-likeness (QED) is 0.791. The molecule has 0 aliphatic rings. The maximum Gasteiger partial charge on any atom is 0.323 e. The van der Waals surface area contributed by atoms with E-state index in [-0.39, 0.29) is 6.03 Å². The number of hydrogen-bond acceptors (Lipinski definition) is 3. The average Bonchev–Trinajstić information content (AvgIpc) is 2.49. The summed E-state index contributed by atoms with van der Waals surface area (Å²) >= 11 is 0. The van der Waals surface area contributed by atoms with Gasteiger partial charge in [0.05, 0.1) is 7.11 Å². The fourth-order valence-electron chi connectivity index (χ4n) is 1.90. The molecule has 21 heavy (non-hydrogen) atoms. The molecule has 0 aromatic heterocycles. The molecule has 0 aliphatic heterocycles. The minimum absolute atomic E-state index is 0.287. The molecule has 0 saturated carbocycles. The number of urea groups is 1. The SMILES string of the molecule is CNCc1ccc(NC(=O)Nc2cccc(OC)c2)cc1. The molecule has 0 spiro atoms. The lowest BCUT2D eigenvalue weighted by Crippen LogP contribution is -2.19. The molecule has 2 aromatic carbocycles. The Bertz CT molecular complexity index is 597. The maximum absolute atomic E-state index is 11.9. The lowest BCUT2D eigenvalue weighted by molar-refractivity contribution is 0.262. The van der Waals surface area contributed by atoms with Crippen LogP contribution in [0.3, 0.4) is 0 Å². The molecule has 2 rings (SSSR count). The van der Waals surface area contributed by atoms with Crippen LogP contribution in [0.1, 0.15) is 5.56 Å². The van der Waals surface area contributed by atoms with Crippen LogP contribution in [-0.2, 0) is 6.54 Å². The van der Waals surface area contributed by atoms with Crippen LogP contribution in [-0.4, -0.2) is 20.2 Å². The topological polar surface area (TPSA) is 62.4 Å². The van der Waals surface area contributed by atoms with E-state index in [2.05, 4.69) is 16.0 Å². The van der Waals surface area contributed by atoms with Crippen molar-refractivity contribution in [2.75, 3.05) is 24.8 Å². The van der Waals surface area contributed by atoms with Crippen molar-refractivity contribution in [1.82, 2.24) is 5.32 Å². The van der Waals surface area contributed by atoms with Gasteiger partial charge in [-0.05, 0) is 36.9 Å². The van der Waals surface area contributed by atoms with E-state index in [0.29, 0.717) is 11.4 Å². The number of ether oxygens (including phenoxy) is 1. The lowest BCUT2D eigenvalue weighted by Gasteiger charge is -2.09. The number of carbonyl (C=O) groups is 1. The highest BCUT2D eigenvalue weighted by Gasteiger charge is 2.03. The molecule has 5 heteroatoms. The Morgan fingerprint density at radius 3 is 2.43 bits per heavy atom. The minimum Gasteiger partial charge on any atom is -0.497 e. The molecule has 2 amide bonds. The van der Waals surface area contributed by atoms with Gasteiger partial charge in [-0.25, -0.2) is 4.79 Å². The summed E-state index contributed by atoms with van der Waals surface area (Å²) in [5.41, 5.74) is 2.59. The minimum atomic E-state index is -0.287. The Hall–Kier alpha value is -2.53. The van der Waals surface area contributed by atoms with Crippen LogP contribution < -0.4 is 20.7 Å². The molecule has 0 radical (unpaired) electrons. The first-order valence-electron chi connectivity index (χ1n) is 6.67. The van der Waals surface area contributed by atoms with Gasteiger partial charge in [0.1, 0.15) is 5.75 Å². The number of amides is 2. The summed E-state index contributed by atoms with van der Waals surface area (Å²) in [6.45, 7) is 0.802. The monoisotopic (exact) mass is 285 g/mol. The summed E-state index contributed by atoms with van der Waals surface area (Å²) in [6, 6.07) is 14.6. The predicted molar refractivity (Wildman–Crippen MR) is 84.8 cm³/mol. The van der Waals surface area contributed by atoms with Gasteiger partial charge in [-0.15, -0.1) is 0 Å². The van der Waals surface area contributed by atoms with Gasteiger partial charge in [0.2, 0.25) is 0 Å². The number of anilines is 2. The number of benzene rings is 2. The molecule has 0 fully saturated rings. The van der Waals surface area contributed by atoms with Crippen molar-refractivity contribution in [2.45, 2.75) is 6.54 Å². The Balaban J connectivity index is 1.94. The van der Waals surface area contributed by atoms with Crippen LogP contribution in [0, 0.1) is 0 Å². The fraction of sp³-hybridized carbons (Fsp3) is 0.188. The van der Waals surface area contributed by atoms with Crippen LogP contribution in [0.5, 0.6) is 5.75 Å². The first kappa shape index (κ1) is 14.9. The summed E-state index contributed by atoms with van der Waals surface area (Å²) in [6.07, 6.45) is 0. The van der Waals surface area contributed by atoms with Gasteiger partial charge in [-0.3, -0.25) is 0 Å². The predicted octanol–water partition coefficient (Wildman–Crippen LogP) is 3.06. The van der Waals surface area contributed by atoms with E-state index in [0.717, 1.165) is 17.8 Å². The third kappa shape index (κ3) is 4.50. The Kier molecular flexibility index (Phi) is 5.17. The first-order chi connectivity index (χ1) is 10.2. The van der Waals surface area contributed by atoms with Crippen molar-refractivity contribution in [1.29, 1.82) is 0 Å². The van der Waals surface area contributed by atoms with E-state index in [4.69, 9.17) is 4.74 Å². The van der Waals surface area contributed by atoms with Crippen molar-refractivity contribution < 1.29 is 9.53 Å². The number of methoxy groups -OCH3 is 1. The third-order valence-corrected chi connectivity index (χ3v) is 2.92. The summed E-state index contributed by atoms with van der Waals surface area (Å²) in [5.74, 6) is 0.698. The van der Waals surface area contributed by atoms with Gasteiger partial charge in [-0.2, -0.15) is 0 Å². The molecule has 0 bridgehead atoms. The van der Waals surface area contributed by atoms with Crippen LogP contribution in [0.25, 0.3) is 0 Å². The third-order valence-electron chi connectivity index (χ3n) is 2.92. The molecular weight excluding hydrogens is 266 g/mol. The Labute approximate surface area is 124 Å². The number of carbonyl (C=O) groups excluding carboxylic acids is 1. The second kappa shape index (κ2) is 7.31. The standard InChI is InChI=1S/C16H19N3O2/c1-17-11-12-6-8-13(9-7-12)18-16(20)19-14-4-3-5-15(10-14)21-2/h3-10,17H,11H2,1-2H3,(H2,18,19,20). The van der Waals surface area contributed by atoms with Gasteiger partial charge in [0.15, 0.2) is 0 Å². The van der Waals surface area contributed by atoms with Crippen molar-refractivity contribution in [3.05, 3.63) is 54.1 Å². The fourth-order valence-corrected chi connectivity index (χ4v) is 1.90. The van der Waals surface area contributed by atoms with Crippen molar-refractivity contribution >= 4 is 17.4 Å². The van der Waals surface area contributed by atoms with E-state index < -0.39 is 0 Å². The van der Waals surface area contributed by atoms with E-state index in [9.17, 15) is 4.79 Å². The molecule has 110 valence electrons. The summed E-state index contributed by atoms with van der Waals surface area (Å²) in [5, 5.41) is 8.62.